The van der Waals surface area contributed by atoms with Crippen LogP contribution in [0.15, 0.2) is 35.3 Å². The Morgan fingerprint density at radius 3 is 1.72 bits per heavy atom. The quantitative estimate of drug-likeness (QED) is 0.0238. The number of cyclic esters (lactones) is 1. The van der Waals surface area contributed by atoms with Gasteiger partial charge in [0, 0.05) is 6.54 Å². The van der Waals surface area contributed by atoms with Crippen LogP contribution in [0, 0.1) is 28.6 Å². The van der Waals surface area contributed by atoms with Crippen molar-refractivity contribution in [3.63, 3.8) is 0 Å². The number of nitrogens with two attached hydrogens (primary N) is 4. The molecule has 0 saturated carbocycles. The third kappa shape index (κ3) is 26.6. The molecule has 92 heavy (non-hydrogen) atoms. The zero-order valence-electron chi connectivity index (χ0n) is 54.9. The lowest BCUT2D eigenvalue weighted by Crippen LogP contribution is -2.64. The van der Waals surface area contributed by atoms with E-state index in [4.69, 9.17) is 27.7 Å². The van der Waals surface area contributed by atoms with E-state index in [9.17, 15) is 73.2 Å². The highest BCUT2D eigenvalue weighted by Crippen LogP contribution is 2.27. The van der Waals surface area contributed by atoms with Gasteiger partial charge in [-0.15, -0.1) is 0 Å². The molecule has 0 aromatic heterocycles. The van der Waals surface area contributed by atoms with Gasteiger partial charge in [0.15, 0.2) is 24.2 Å². The number of esters is 1. The number of ether oxygens (including phenoxy) is 1. The van der Waals surface area contributed by atoms with Crippen LogP contribution in [0.3, 0.4) is 0 Å². The normalized spacial score (nSPS) is 24.7. The second-order valence-corrected chi connectivity index (χ2v) is 26.3. The van der Waals surface area contributed by atoms with E-state index in [2.05, 4.69) is 47.5 Å². The van der Waals surface area contributed by atoms with Crippen LogP contribution in [0.4, 0.5) is 0 Å². The van der Waals surface area contributed by atoms with Crippen LogP contribution < -0.4 is 76.1 Å². The lowest BCUT2D eigenvalue weighted by atomic mass is 9.86. The molecule has 1 aliphatic rings. The van der Waals surface area contributed by atoms with Gasteiger partial charge in [-0.2, -0.15) is 0 Å². The summed E-state index contributed by atoms with van der Waals surface area (Å²) in [5.41, 5.74) is 21.5. The van der Waals surface area contributed by atoms with Crippen LogP contribution in [0.25, 0.3) is 0 Å². The molecule has 11 amide bonds. The van der Waals surface area contributed by atoms with E-state index in [0.29, 0.717) is 0 Å². The van der Waals surface area contributed by atoms with Crippen molar-refractivity contribution in [1.82, 2.24) is 53.2 Å². The molecule has 1 aliphatic heterocycles. The molecule has 0 aliphatic carbocycles. The molecule has 1 aromatic rings. The molecule has 0 bridgehead atoms. The monoisotopic (exact) mass is 1300 g/mol. The average Bonchev–Trinajstić information content (AvgIpc) is 0.845. The molecule has 0 radical (unpaired) electrons. The summed E-state index contributed by atoms with van der Waals surface area (Å²) in [7, 11) is 0. The summed E-state index contributed by atoms with van der Waals surface area (Å²) in [5, 5.41) is 68.3. The van der Waals surface area contributed by atoms with Crippen molar-refractivity contribution in [3.8, 4) is 0 Å². The molecule has 15 atom stereocenters. The molecule has 1 saturated heterocycles. The Kier molecular flexibility index (Phi) is 32.0. The first-order valence-electron chi connectivity index (χ1n) is 30.6. The summed E-state index contributed by atoms with van der Waals surface area (Å²) in [6.45, 7) is 19.0. The first kappa shape index (κ1) is 80.0. The fourth-order valence-electron chi connectivity index (χ4n) is 9.51. The summed E-state index contributed by atoms with van der Waals surface area (Å²) in [5.74, 6) is -16.9. The van der Waals surface area contributed by atoms with Gasteiger partial charge >= 0.3 is 5.97 Å². The predicted octanol–water partition coefficient (Wildman–Crippen LogP) is -4.65. The van der Waals surface area contributed by atoms with Crippen molar-refractivity contribution < 1.29 is 82.7 Å². The summed E-state index contributed by atoms with van der Waals surface area (Å²) >= 11 is 0. The van der Waals surface area contributed by atoms with Gasteiger partial charge in [0.2, 0.25) is 65.0 Å². The lowest BCUT2D eigenvalue weighted by Gasteiger charge is -2.34. The zero-order chi connectivity index (χ0) is 70.3. The molecule has 3 unspecified atom stereocenters. The number of aliphatic hydroxyl groups excluding tert-OH is 4. The van der Waals surface area contributed by atoms with Gasteiger partial charge in [0.05, 0.1) is 31.4 Å². The minimum absolute atomic E-state index is 0.0445. The number of nitrogens with zero attached hydrogens (tertiary/aromatic N) is 1. The minimum Gasteiger partial charge on any atom is -0.453 e. The molecule has 1 aromatic carbocycles. The lowest BCUT2D eigenvalue weighted by molar-refractivity contribution is -0.159. The Balaban J connectivity index is 3.16. The van der Waals surface area contributed by atoms with Crippen molar-refractivity contribution in [2.24, 2.45) is 56.5 Å². The van der Waals surface area contributed by atoms with Crippen molar-refractivity contribution >= 4 is 76.9 Å². The predicted molar refractivity (Wildman–Crippen MR) is 335 cm³/mol. The van der Waals surface area contributed by atoms with E-state index in [-0.39, 0.29) is 62.5 Å². The maximum Gasteiger partial charge on any atom is 0.331 e. The smallest absolute Gasteiger partial charge is 0.331 e. The van der Waals surface area contributed by atoms with Crippen molar-refractivity contribution in [1.29, 1.82) is 0 Å². The fraction of sp³-hybridized carbons (Fsp3) is 0.683. The number of benzene rings is 1. The number of carbonyl (C=O) groups excluding carboxylic acids is 12. The van der Waals surface area contributed by atoms with E-state index < -0.39 is 192 Å². The van der Waals surface area contributed by atoms with Crippen LogP contribution in [0.1, 0.15) is 140 Å². The SMILES string of the molecule is CC[C@H](C)C1NC(=O)[C@@H](CCCN=C(N)N)NC(=O)[C@H](CC(C)C)NC(=O)[C@H]([C@H](O)C(C)C)NC(=O)C(NC(=O)[C@H](CC(C)(C)C)NC(=O)C(N)CC(C)(C)C)[C@@H](c2ccccc2)OC(=O)[C@H](CO)NC(=O)[C@H]([C@H](O)C(N)=O)NC(=O)CNC(=O)[C@H]([C@H](C)O)NC1=O. The number of rotatable bonds is 21. The largest absolute Gasteiger partial charge is 0.453 e. The maximum atomic E-state index is 15.4. The van der Waals surface area contributed by atoms with Gasteiger partial charge < -0.3 is 101 Å². The van der Waals surface area contributed by atoms with Crippen molar-refractivity contribution in [3.05, 3.63) is 35.9 Å². The van der Waals surface area contributed by atoms with E-state index >= 15 is 4.79 Å². The molecule has 2 rings (SSSR count). The summed E-state index contributed by atoms with van der Waals surface area (Å²) in [4.78, 5) is 175. The molecular weight excluding hydrogens is 1200 g/mol. The van der Waals surface area contributed by atoms with E-state index in [1.54, 1.807) is 48.5 Å². The second-order valence-electron chi connectivity index (χ2n) is 26.3. The van der Waals surface area contributed by atoms with Gasteiger partial charge in [-0.3, -0.25) is 57.7 Å². The highest BCUT2D eigenvalue weighted by atomic mass is 16.5. The summed E-state index contributed by atoms with van der Waals surface area (Å²) in [6, 6.07) is -10.9. The highest BCUT2D eigenvalue weighted by molar-refractivity contribution is 6.00. The number of carbonyl (C=O) groups is 12. The topological polar surface area (TPSA) is 532 Å². The van der Waals surface area contributed by atoms with Crippen molar-refractivity contribution in [2.75, 3.05) is 19.7 Å². The fourth-order valence-corrected chi connectivity index (χ4v) is 9.51. The van der Waals surface area contributed by atoms with Crippen LogP contribution in [-0.4, -0.2) is 196 Å². The summed E-state index contributed by atoms with van der Waals surface area (Å²) in [6.07, 6.45) is -8.16. The Morgan fingerprint density at radius 1 is 0.663 bits per heavy atom. The number of guanidine groups is 1. The van der Waals surface area contributed by atoms with Crippen LogP contribution in [0.2, 0.25) is 0 Å². The van der Waals surface area contributed by atoms with E-state index in [0.717, 1.165) is 6.92 Å². The molecule has 0 spiro atoms. The molecule has 32 heteroatoms. The van der Waals surface area contributed by atoms with Crippen LogP contribution >= 0.6 is 0 Å². The van der Waals surface area contributed by atoms with Gasteiger partial charge in [0.25, 0.3) is 0 Å². The number of primary amides is 1. The molecule has 32 nitrogen and oxygen atoms in total. The third-order valence-electron chi connectivity index (χ3n) is 14.7. The number of hydrogen-bond acceptors (Lipinski definition) is 19. The number of aliphatic imine (C=N–C) groups is 1. The zero-order valence-corrected chi connectivity index (χ0v) is 54.9. The van der Waals surface area contributed by atoms with Gasteiger partial charge in [0.1, 0.15) is 48.3 Å². The average molecular weight is 1300 g/mol. The molecule has 518 valence electrons. The van der Waals surface area contributed by atoms with Gasteiger partial charge in [-0.05, 0) is 73.2 Å². The highest BCUT2D eigenvalue weighted by Gasteiger charge is 2.44. The minimum atomic E-state index is -2.58. The van der Waals surface area contributed by atoms with Crippen LogP contribution in [0.5, 0.6) is 0 Å². The Hall–Kier alpha value is -8.07. The van der Waals surface area contributed by atoms with Gasteiger partial charge in [-0.25, -0.2) is 4.79 Å². The third-order valence-corrected chi connectivity index (χ3v) is 14.7. The number of amides is 11. The molecular formula is C60H101N15O17. The van der Waals surface area contributed by atoms with E-state index in [1.165, 1.54) is 44.2 Å². The Morgan fingerprint density at radius 2 is 1.20 bits per heavy atom. The molecule has 1 heterocycles. The number of nitrogens with one attached hydrogen (secondary N) is 10. The molecule has 1 fully saturated rings. The number of aliphatic hydroxyl groups is 4. The first-order valence-corrected chi connectivity index (χ1v) is 30.6. The summed E-state index contributed by atoms with van der Waals surface area (Å²) < 4.78 is 5.95. The Bertz CT molecular complexity index is 2730. The van der Waals surface area contributed by atoms with Gasteiger partial charge in [-0.1, -0.05) is 120 Å². The Labute approximate surface area is 536 Å². The van der Waals surface area contributed by atoms with E-state index in [1.807, 2.05) is 31.4 Å². The van der Waals surface area contributed by atoms with Crippen LogP contribution in [-0.2, 0) is 62.3 Å². The molecule has 22 N–H and O–H groups in total. The maximum absolute atomic E-state index is 15.4. The standard InChI is InChI=1S/C60H101N15O17/c1-14-30(6)39-53(87)73-40(31(7)77)52(86)66-26-38(78)71-42(45(80)47(62)81)55(89)70-37(27-76)57(91)92-46(32-19-16-15-17-20-32)43(75-51(85)36(25-60(11,12)13)69-48(82)33(61)24-59(8,9)10)56(90)74-41(44(79)29(4)5)54(88)68-35(23-28(2)3)50(84)67-34(49(83)72-39)21-18-22-65-58(63)64/h15-17,19-20,28-31,33-37,39-46,76-77,79-80H,14,18,21-27,61H2,1-13H3,(H2,62,81)(H,66,86)(H,67,84)(H,68,88)(H,69,82)(H,70,89)(H,71,78)(H,72,83)(H,73,87)(H,74,90)(H,75,85)(H4,63,64,65)/t30-,31-,33?,34+,35-,36-,37-,39?,40-,41-,42-,43?,44+,45-,46+/m0/s1. The number of hydrogen-bond donors (Lipinski definition) is 18. The first-order chi connectivity index (χ1) is 42.6. The second kappa shape index (κ2) is 36.8. The van der Waals surface area contributed by atoms with Crippen molar-refractivity contribution in [2.45, 2.75) is 213 Å².